The van der Waals surface area contributed by atoms with Crippen molar-refractivity contribution in [3.8, 4) is 0 Å². The Bertz CT molecular complexity index is 270. The van der Waals surface area contributed by atoms with E-state index in [4.69, 9.17) is 9.47 Å². The number of amides is 1. The number of piperazine rings is 1. The van der Waals surface area contributed by atoms with E-state index in [9.17, 15) is 4.79 Å². The van der Waals surface area contributed by atoms with Crippen molar-refractivity contribution >= 4 is 5.91 Å². The second-order valence-corrected chi connectivity index (χ2v) is 5.13. The average molecular weight is 287 g/mol. The van der Waals surface area contributed by atoms with E-state index in [0.717, 1.165) is 52.3 Å². The van der Waals surface area contributed by atoms with Crippen LogP contribution in [0.5, 0.6) is 0 Å². The van der Waals surface area contributed by atoms with Gasteiger partial charge < -0.3 is 19.7 Å². The molecule has 6 heteroatoms. The van der Waals surface area contributed by atoms with Crippen LogP contribution in [0.15, 0.2) is 0 Å². The Morgan fingerprint density at radius 2 is 1.85 bits per heavy atom. The first-order valence-electron chi connectivity index (χ1n) is 7.42. The van der Waals surface area contributed by atoms with Gasteiger partial charge in [-0.25, -0.2) is 0 Å². The number of nitrogens with one attached hydrogen (secondary N) is 1. The highest BCUT2D eigenvalue weighted by Gasteiger charge is 2.26. The van der Waals surface area contributed by atoms with Crippen molar-refractivity contribution in [2.24, 2.45) is 0 Å². The van der Waals surface area contributed by atoms with E-state index in [1.54, 1.807) is 14.2 Å². The molecule has 1 rings (SSSR count). The topological polar surface area (TPSA) is 54.0 Å². The fourth-order valence-electron chi connectivity index (χ4n) is 2.43. The van der Waals surface area contributed by atoms with E-state index in [2.05, 4.69) is 10.2 Å². The van der Waals surface area contributed by atoms with Crippen molar-refractivity contribution in [3.05, 3.63) is 0 Å². The minimum atomic E-state index is -0.0971. The molecule has 0 spiro atoms. The molecule has 1 aliphatic rings. The van der Waals surface area contributed by atoms with Crippen LogP contribution in [-0.4, -0.2) is 88.5 Å². The molecule has 6 nitrogen and oxygen atoms in total. The summed E-state index contributed by atoms with van der Waals surface area (Å²) >= 11 is 0. The summed E-state index contributed by atoms with van der Waals surface area (Å²) < 4.78 is 10.2. The van der Waals surface area contributed by atoms with Crippen LogP contribution >= 0.6 is 0 Å². The van der Waals surface area contributed by atoms with Gasteiger partial charge in [-0.2, -0.15) is 0 Å². The lowest BCUT2D eigenvalue weighted by molar-refractivity contribution is -0.137. The smallest absolute Gasteiger partial charge is 0.239 e. The van der Waals surface area contributed by atoms with Crippen LogP contribution < -0.4 is 5.32 Å². The van der Waals surface area contributed by atoms with Gasteiger partial charge in [-0.05, 0) is 13.3 Å². The standard InChI is InChI=1S/C14H29N3O3/c1-13(14(18)17-8-5-15-6-9-17)16(10-12-20-3)7-4-11-19-2/h13,15H,4-12H2,1-3H3. The number of carbonyl (C=O) groups excluding carboxylic acids is 1. The molecule has 1 N–H and O–H groups in total. The molecule has 1 saturated heterocycles. The SMILES string of the molecule is COCCCN(CCOC)C(C)C(=O)N1CCNCC1. The molecule has 0 saturated carbocycles. The quantitative estimate of drug-likeness (QED) is 0.595. The summed E-state index contributed by atoms with van der Waals surface area (Å²) in [6.07, 6.45) is 0.930. The summed E-state index contributed by atoms with van der Waals surface area (Å²) in [7, 11) is 3.39. The van der Waals surface area contributed by atoms with E-state index in [-0.39, 0.29) is 11.9 Å². The molecule has 1 heterocycles. The van der Waals surface area contributed by atoms with Crippen LogP contribution in [-0.2, 0) is 14.3 Å². The van der Waals surface area contributed by atoms with Gasteiger partial charge in [0.25, 0.3) is 0 Å². The summed E-state index contributed by atoms with van der Waals surface area (Å²) in [5.41, 5.74) is 0. The fraction of sp³-hybridized carbons (Fsp3) is 0.929. The first-order valence-corrected chi connectivity index (χ1v) is 7.42. The summed E-state index contributed by atoms with van der Waals surface area (Å²) in [6, 6.07) is -0.0971. The van der Waals surface area contributed by atoms with E-state index in [1.807, 2.05) is 11.8 Å². The number of hydrogen-bond donors (Lipinski definition) is 1. The molecular weight excluding hydrogens is 258 g/mol. The van der Waals surface area contributed by atoms with Gasteiger partial charge in [-0.1, -0.05) is 0 Å². The zero-order valence-electron chi connectivity index (χ0n) is 13.1. The Labute approximate surface area is 122 Å². The van der Waals surface area contributed by atoms with Crippen LogP contribution in [0.4, 0.5) is 0 Å². The Balaban J connectivity index is 2.50. The number of ether oxygens (including phenoxy) is 2. The third-order valence-electron chi connectivity index (χ3n) is 3.71. The maximum atomic E-state index is 12.5. The molecule has 0 radical (unpaired) electrons. The molecule has 1 unspecified atom stereocenters. The molecule has 0 aromatic heterocycles. The number of carbonyl (C=O) groups is 1. The van der Waals surface area contributed by atoms with Crippen molar-refractivity contribution in [1.82, 2.24) is 15.1 Å². The molecule has 118 valence electrons. The maximum absolute atomic E-state index is 12.5. The van der Waals surface area contributed by atoms with Gasteiger partial charge in [-0.15, -0.1) is 0 Å². The second kappa shape index (κ2) is 10.1. The van der Waals surface area contributed by atoms with Crippen molar-refractivity contribution < 1.29 is 14.3 Å². The molecule has 0 aliphatic carbocycles. The molecule has 1 atom stereocenters. The van der Waals surface area contributed by atoms with Crippen LogP contribution in [0.1, 0.15) is 13.3 Å². The van der Waals surface area contributed by atoms with E-state index in [0.29, 0.717) is 6.61 Å². The van der Waals surface area contributed by atoms with Crippen molar-refractivity contribution in [2.45, 2.75) is 19.4 Å². The van der Waals surface area contributed by atoms with E-state index < -0.39 is 0 Å². The molecule has 1 fully saturated rings. The third kappa shape index (κ3) is 5.75. The largest absolute Gasteiger partial charge is 0.385 e. The normalized spacial score (nSPS) is 17.5. The first kappa shape index (κ1) is 17.4. The lowest BCUT2D eigenvalue weighted by atomic mass is 10.2. The van der Waals surface area contributed by atoms with Crippen LogP contribution in [0.25, 0.3) is 0 Å². The predicted octanol–water partition coefficient (Wildman–Crippen LogP) is -0.208. The van der Waals surface area contributed by atoms with E-state index >= 15 is 0 Å². The van der Waals surface area contributed by atoms with Gasteiger partial charge in [0, 0.05) is 60.1 Å². The third-order valence-corrected chi connectivity index (χ3v) is 3.71. The molecular formula is C14H29N3O3. The lowest BCUT2D eigenvalue weighted by Crippen LogP contribution is -2.53. The number of nitrogens with zero attached hydrogens (tertiary/aromatic N) is 2. The Morgan fingerprint density at radius 1 is 1.20 bits per heavy atom. The second-order valence-electron chi connectivity index (χ2n) is 5.13. The Kier molecular flexibility index (Phi) is 8.77. The van der Waals surface area contributed by atoms with Gasteiger partial charge in [0.1, 0.15) is 0 Å². The molecule has 0 aromatic carbocycles. The van der Waals surface area contributed by atoms with Crippen molar-refractivity contribution in [1.29, 1.82) is 0 Å². The predicted molar refractivity (Wildman–Crippen MR) is 78.9 cm³/mol. The van der Waals surface area contributed by atoms with Gasteiger partial charge in [0.15, 0.2) is 0 Å². The highest BCUT2D eigenvalue weighted by Crippen LogP contribution is 2.06. The first-order chi connectivity index (χ1) is 9.70. The number of methoxy groups -OCH3 is 2. The van der Waals surface area contributed by atoms with E-state index in [1.165, 1.54) is 0 Å². The van der Waals surface area contributed by atoms with Crippen molar-refractivity contribution in [2.75, 3.05) is 66.7 Å². The Morgan fingerprint density at radius 3 is 2.45 bits per heavy atom. The Hall–Kier alpha value is -0.690. The summed E-state index contributed by atoms with van der Waals surface area (Å²) in [6.45, 7) is 8.38. The zero-order chi connectivity index (χ0) is 14.8. The average Bonchev–Trinajstić information content (AvgIpc) is 2.50. The molecule has 0 bridgehead atoms. The summed E-state index contributed by atoms with van der Waals surface area (Å²) in [4.78, 5) is 16.7. The highest BCUT2D eigenvalue weighted by molar-refractivity contribution is 5.81. The summed E-state index contributed by atoms with van der Waals surface area (Å²) in [5, 5.41) is 3.27. The number of hydrogen-bond acceptors (Lipinski definition) is 5. The molecule has 20 heavy (non-hydrogen) atoms. The van der Waals surface area contributed by atoms with Gasteiger partial charge in [-0.3, -0.25) is 9.69 Å². The maximum Gasteiger partial charge on any atom is 0.239 e. The van der Waals surface area contributed by atoms with Gasteiger partial charge in [0.2, 0.25) is 5.91 Å². The minimum absolute atomic E-state index is 0.0971. The monoisotopic (exact) mass is 287 g/mol. The molecule has 1 aliphatic heterocycles. The fourth-order valence-corrected chi connectivity index (χ4v) is 2.43. The molecule has 1 amide bonds. The van der Waals surface area contributed by atoms with Gasteiger partial charge >= 0.3 is 0 Å². The zero-order valence-corrected chi connectivity index (χ0v) is 13.1. The van der Waals surface area contributed by atoms with Crippen LogP contribution in [0, 0.1) is 0 Å². The van der Waals surface area contributed by atoms with Gasteiger partial charge in [0.05, 0.1) is 12.6 Å². The van der Waals surface area contributed by atoms with Crippen LogP contribution in [0.2, 0.25) is 0 Å². The summed E-state index contributed by atoms with van der Waals surface area (Å²) in [5.74, 6) is 0.222. The lowest BCUT2D eigenvalue weighted by Gasteiger charge is -2.34. The van der Waals surface area contributed by atoms with Crippen LogP contribution in [0.3, 0.4) is 0 Å². The minimum Gasteiger partial charge on any atom is -0.385 e. The highest BCUT2D eigenvalue weighted by atomic mass is 16.5. The number of rotatable bonds is 9. The molecule has 0 aromatic rings. The van der Waals surface area contributed by atoms with Crippen molar-refractivity contribution in [3.63, 3.8) is 0 Å².